The number of nitrogens with zero attached hydrogens (tertiary/aromatic N) is 2. The number of aliphatic hydroxyl groups is 1. The van der Waals surface area contributed by atoms with Gasteiger partial charge in [0.2, 0.25) is 0 Å². The Labute approximate surface area is 183 Å². The number of β-amino-alcohol motifs (C(OH)–C–C–N with tert-alkyl or cyclic N) is 1. The average Bonchev–Trinajstić information content (AvgIpc) is 3.20. The van der Waals surface area contributed by atoms with Crippen molar-refractivity contribution in [3.63, 3.8) is 0 Å². The van der Waals surface area contributed by atoms with Crippen LogP contribution in [-0.2, 0) is 20.8 Å². The smallest absolute Gasteiger partial charge is 0.409 e. The van der Waals surface area contributed by atoms with Crippen LogP contribution in [-0.4, -0.2) is 92.7 Å². The van der Waals surface area contributed by atoms with Crippen molar-refractivity contribution < 1.29 is 28.9 Å². The van der Waals surface area contributed by atoms with Gasteiger partial charge in [-0.05, 0) is 43.6 Å². The molecular formula is C22H33N3O6. The molecule has 2 aliphatic heterocycles. The number of nitrogens with one attached hydrogen (secondary N) is 1. The molecule has 0 bridgehead atoms. The number of likely N-dealkylation sites (tertiary alicyclic amines) is 1. The Morgan fingerprint density at radius 2 is 2.13 bits per heavy atom. The molecule has 1 aromatic carbocycles. The van der Waals surface area contributed by atoms with Gasteiger partial charge >= 0.3 is 12.1 Å². The van der Waals surface area contributed by atoms with Crippen LogP contribution in [0.3, 0.4) is 0 Å². The number of hydrogen-bond acceptors (Lipinski definition) is 8. The number of esters is 1. The van der Waals surface area contributed by atoms with Gasteiger partial charge in [-0.15, -0.1) is 0 Å². The number of aliphatic hydroxyl groups excluding tert-OH is 1. The number of hydrogen-bond donors (Lipinski definition) is 2. The van der Waals surface area contributed by atoms with Crippen LogP contribution in [0.1, 0.15) is 18.4 Å². The van der Waals surface area contributed by atoms with Crippen LogP contribution in [0.2, 0.25) is 0 Å². The van der Waals surface area contributed by atoms with E-state index in [1.807, 2.05) is 24.3 Å². The molecule has 9 nitrogen and oxygen atoms in total. The lowest BCUT2D eigenvalue weighted by Gasteiger charge is -2.31. The van der Waals surface area contributed by atoms with Crippen LogP contribution in [0.25, 0.3) is 0 Å². The molecular weight excluding hydrogens is 402 g/mol. The van der Waals surface area contributed by atoms with E-state index >= 15 is 0 Å². The average molecular weight is 436 g/mol. The highest BCUT2D eigenvalue weighted by Crippen LogP contribution is 2.19. The third kappa shape index (κ3) is 7.37. The second-order valence-electron chi connectivity index (χ2n) is 7.99. The maximum Gasteiger partial charge on any atom is 0.409 e. The highest BCUT2D eigenvalue weighted by atomic mass is 16.6. The van der Waals surface area contributed by atoms with Crippen LogP contribution in [0.15, 0.2) is 24.3 Å². The predicted molar refractivity (Wildman–Crippen MR) is 114 cm³/mol. The second kappa shape index (κ2) is 11.9. The minimum absolute atomic E-state index is 0.0323. The maximum absolute atomic E-state index is 11.6. The molecule has 2 N–H and O–H groups in total. The number of carbonyl (C=O) groups is 2. The van der Waals surface area contributed by atoms with Gasteiger partial charge in [0.05, 0.1) is 19.6 Å². The van der Waals surface area contributed by atoms with Crippen LogP contribution in [0.5, 0.6) is 5.75 Å². The molecule has 0 spiro atoms. The summed E-state index contributed by atoms with van der Waals surface area (Å²) in [5.41, 5.74) is 1.07. The largest absolute Gasteiger partial charge is 0.491 e. The van der Waals surface area contributed by atoms with Gasteiger partial charge in [-0.3, -0.25) is 4.79 Å². The van der Waals surface area contributed by atoms with E-state index in [4.69, 9.17) is 14.2 Å². The van der Waals surface area contributed by atoms with E-state index in [1.165, 1.54) is 7.11 Å². The first-order chi connectivity index (χ1) is 15.0. The maximum atomic E-state index is 11.6. The van der Waals surface area contributed by atoms with Crippen LogP contribution in [0, 0.1) is 5.92 Å². The molecule has 1 atom stereocenters. The quantitative estimate of drug-likeness (QED) is 0.390. The third-order valence-corrected chi connectivity index (χ3v) is 5.66. The highest BCUT2D eigenvalue weighted by Gasteiger charge is 2.26. The molecule has 0 radical (unpaired) electrons. The Bertz CT molecular complexity index is 723. The topological polar surface area (TPSA) is 101 Å². The molecule has 0 aliphatic carbocycles. The third-order valence-electron chi connectivity index (χ3n) is 5.66. The number of rotatable bonds is 11. The molecule has 172 valence electrons. The Balaban J connectivity index is 1.33. The zero-order chi connectivity index (χ0) is 22.1. The molecule has 3 rings (SSSR count). The van der Waals surface area contributed by atoms with E-state index in [2.05, 4.69) is 10.2 Å². The fraction of sp³-hybridized carbons (Fsp3) is 0.636. The second-order valence-corrected chi connectivity index (χ2v) is 7.99. The molecule has 2 saturated heterocycles. The number of methoxy groups -OCH3 is 1. The minimum Gasteiger partial charge on any atom is -0.491 e. The van der Waals surface area contributed by atoms with Crippen molar-refractivity contribution in [1.82, 2.24) is 15.1 Å². The van der Waals surface area contributed by atoms with E-state index in [9.17, 15) is 14.7 Å². The molecule has 2 heterocycles. The van der Waals surface area contributed by atoms with Gasteiger partial charge in [-0.1, -0.05) is 12.1 Å². The normalized spacial score (nSPS) is 18.6. The van der Waals surface area contributed by atoms with Crippen molar-refractivity contribution in [2.45, 2.75) is 25.5 Å². The van der Waals surface area contributed by atoms with Gasteiger partial charge in [0.25, 0.3) is 0 Å². The molecule has 9 heteroatoms. The van der Waals surface area contributed by atoms with Crippen molar-refractivity contribution in [1.29, 1.82) is 0 Å². The molecule has 0 aromatic heterocycles. The summed E-state index contributed by atoms with van der Waals surface area (Å²) in [5, 5.41) is 13.7. The lowest BCUT2D eigenvalue weighted by Crippen LogP contribution is -2.42. The zero-order valence-corrected chi connectivity index (χ0v) is 18.1. The van der Waals surface area contributed by atoms with E-state index in [-0.39, 0.29) is 24.6 Å². The summed E-state index contributed by atoms with van der Waals surface area (Å²) in [5.74, 6) is 0.539. The van der Waals surface area contributed by atoms with Crippen molar-refractivity contribution in [2.75, 3.05) is 59.6 Å². The summed E-state index contributed by atoms with van der Waals surface area (Å²) in [6.45, 7) is 5.37. The van der Waals surface area contributed by atoms with Gasteiger partial charge in [-0.25, -0.2) is 4.79 Å². The summed E-state index contributed by atoms with van der Waals surface area (Å²) in [6, 6.07) is 7.75. The SMILES string of the molecule is COC(=O)C1CCN(C[C@@H](O)COc2cccc(CNCCN3CCOC3=O)c2)CC1. The zero-order valence-electron chi connectivity index (χ0n) is 18.1. The van der Waals surface area contributed by atoms with E-state index in [0.717, 1.165) is 31.5 Å². The summed E-state index contributed by atoms with van der Waals surface area (Å²) < 4.78 is 15.5. The Kier molecular flexibility index (Phi) is 8.93. The van der Waals surface area contributed by atoms with Gasteiger partial charge in [0, 0.05) is 26.2 Å². The molecule has 1 aromatic rings. The minimum atomic E-state index is -0.600. The number of ether oxygens (including phenoxy) is 3. The number of benzene rings is 1. The Morgan fingerprint density at radius 1 is 1.32 bits per heavy atom. The van der Waals surface area contributed by atoms with Crippen molar-refractivity contribution >= 4 is 12.1 Å². The van der Waals surface area contributed by atoms with Crippen molar-refractivity contribution in [3.05, 3.63) is 29.8 Å². The van der Waals surface area contributed by atoms with Gasteiger partial charge < -0.3 is 34.4 Å². The molecule has 0 saturated carbocycles. The summed E-state index contributed by atoms with van der Waals surface area (Å²) >= 11 is 0. The Hall–Kier alpha value is -2.36. The number of amides is 1. The van der Waals surface area contributed by atoms with Crippen LogP contribution < -0.4 is 10.1 Å². The molecule has 2 fully saturated rings. The highest BCUT2D eigenvalue weighted by molar-refractivity contribution is 5.72. The molecule has 0 unspecified atom stereocenters. The summed E-state index contributed by atoms with van der Waals surface area (Å²) in [6.07, 6.45) is 0.669. The number of cyclic esters (lactones) is 1. The van der Waals surface area contributed by atoms with Gasteiger partial charge in [-0.2, -0.15) is 0 Å². The van der Waals surface area contributed by atoms with E-state index in [1.54, 1.807) is 4.90 Å². The van der Waals surface area contributed by atoms with Gasteiger partial charge in [0.15, 0.2) is 0 Å². The fourth-order valence-electron chi connectivity index (χ4n) is 3.88. The first-order valence-electron chi connectivity index (χ1n) is 10.9. The summed E-state index contributed by atoms with van der Waals surface area (Å²) in [4.78, 5) is 26.9. The van der Waals surface area contributed by atoms with Crippen LogP contribution >= 0.6 is 0 Å². The number of piperidine rings is 1. The first kappa shape index (κ1) is 23.3. The van der Waals surface area contributed by atoms with Crippen molar-refractivity contribution in [2.24, 2.45) is 5.92 Å². The fourth-order valence-corrected chi connectivity index (χ4v) is 3.88. The lowest BCUT2D eigenvalue weighted by molar-refractivity contribution is -0.147. The first-order valence-corrected chi connectivity index (χ1v) is 10.9. The van der Waals surface area contributed by atoms with E-state index < -0.39 is 6.10 Å². The predicted octanol–water partition coefficient (Wildman–Crippen LogP) is 0.853. The summed E-state index contributed by atoms with van der Waals surface area (Å²) in [7, 11) is 1.42. The Morgan fingerprint density at radius 3 is 2.84 bits per heavy atom. The van der Waals surface area contributed by atoms with E-state index in [0.29, 0.717) is 45.1 Å². The molecule has 1 amide bonds. The lowest BCUT2D eigenvalue weighted by atomic mass is 9.97. The molecule has 2 aliphatic rings. The number of carbonyl (C=O) groups excluding carboxylic acids is 2. The molecule has 31 heavy (non-hydrogen) atoms. The van der Waals surface area contributed by atoms with Crippen molar-refractivity contribution in [3.8, 4) is 5.75 Å². The monoisotopic (exact) mass is 435 g/mol. The standard InChI is InChI=1S/C22H33N3O6/c1-29-21(27)18-5-8-24(9-6-18)15-19(26)16-31-20-4-2-3-17(13-20)14-23-7-10-25-11-12-30-22(25)28/h2-4,13,18-19,23,26H,5-12,14-16H2,1H3/t19-/m1/s1. The van der Waals surface area contributed by atoms with Gasteiger partial charge in [0.1, 0.15) is 25.1 Å². The van der Waals surface area contributed by atoms with Crippen LogP contribution in [0.4, 0.5) is 4.79 Å².